The molecule has 4 aliphatic carbocycles. The summed E-state index contributed by atoms with van der Waals surface area (Å²) < 4.78 is 0. The van der Waals surface area contributed by atoms with Crippen LogP contribution in [0.15, 0.2) is 12.7 Å². The van der Waals surface area contributed by atoms with Crippen molar-refractivity contribution >= 4 is 11.8 Å². The Morgan fingerprint density at radius 3 is 2.58 bits per heavy atom. The van der Waals surface area contributed by atoms with Gasteiger partial charge in [0.15, 0.2) is 0 Å². The summed E-state index contributed by atoms with van der Waals surface area (Å²) in [5, 5.41) is 1.04. The van der Waals surface area contributed by atoms with Gasteiger partial charge in [-0.2, -0.15) is 11.8 Å². The summed E-state index contributed by atoms with van der Waals surface area (Å²) in [5.74, 6) is 8.91. The van der Waals surface area contributed by atoms with E-state index in [0.717, 1.165) is 46.7 Å². The van der Waals surface area contributed by atoms with E-state index in [1.54, 1.807) is 19.3 Å². The zero-order valence-corrected chi connectivity index (χ0v) is 13.1. The number of fused-ring (bicyclic) bond motifs is 9. The Labute approximate surface area is 122 Å². The largest absolute Gasteiger partial charge is 0.158 e. The Morgan fingerprint density at radius 2 is 1.79 bits per heavy atom. The van der Waals surface area contributed by atoms with Gasteiger partial charge in [-0.15, -0.1) is 6.58 Å². The van der Waals surface area contributed by atoms with Crippen molar-refractivity contribution in [2.45, 2.75) is 50.7 Å². The minimum atomic E-state index is 0.886. The fourth-order valence-electron chi connectivity index (χ4n) is 6.43. The molecule has 8 atom stereocenters. The van der Waals surface area contributed by atoms with E-state index < -0.39 is 0 Å². The Bertz CT molecular complexity index is 363. The van der Waals surface area contributed by atoms with Crippen LogP contribution in [0.4, 0.5) is 0 Å². The maximum atomic E-state index is 4.10. The summed E-state index contributed by atoms with van der Waals surface area (Å²) in [6.07, 6.45) is 11.3. The second-order valence-electron chi connectivity index (χ2n) is 7.61. The maximum Gasteiger partial charge on any atom is 0.00810 e. The van der Waals surface area contributed by atoms with E-state index in [1.165, 1.54) is 25.0 Å². The van der Waals surface area contributed by atoms with Crippen LogP contribution in [-0.4, -0.2) is 11.0 Å². The Balaban J connectivity index is 1.45. The predicted molar refractivity (Wildman–Crippen MR) is 84.2 cm³/mol. The SMILES string of the molecule is C=C[C@H]1C[C@@H]2C[C@H]1C1C2[C@H]2C[C@@H]1C[C@H]2SCCCC. The number of thioether (sulfide) groups is 1. The molecule has 0 N–H and O–H groups in total. The predicted octanol–water partition coefficient (Wildman–Crippen LogP) is 5.00. The molecule has 0 aromatic heterocycles. The van der Waals surface area contributed by atoms with Gasteiger partial charge >= 0.3 is 0 Å². The number of allylic oxidation sites excluding steroid dienone is 1. The maximum absolute atomic E-state index is 4.10. The van der Waals surface area contributed by atoms with Crippen LogP contribution < -0.4 is 0 Å². The van der Waals surface area contributed by atoms with Crippen molar-refractivity contribution in [3.8, 4) is 0 Å². The molecule has 4 rings (SSSR count). The van der Waals surface area contributed by atoms with Gasteiger partial charge in [-0.05, 0) is 79.3 Å². The van der Waals surface area contributed by atoms with Crippen molar-refractivity contribution in [3.05, 3.63) is 12.7 Å². The standard InChI is InChI=1S/C18H28S/c1-3-5-6-19-16-10-13-9-15(16)18-12-7-11(4-2)14(8-12)17(13)18/h4,11-18H,2-3,5-10H2,1H3/t11-,12+,13+,14+,15-,16+,17?,18?/m0/s1. The molecule has 2 unspecified atom stereocenters. The van der Waals surface area contributed by atoms with Gasteiger partial charge in [0, 0.05) is 5.25 Å². The highest BCUT2D eigenvalue weighted by atomic mass is 32.2. The third-order valence-corrected chi connectivity index (χ3v) is 8.44. The smallest absolute Gasteiger partial charge is 0.00810 e. The van der Waals surface area contributed by atoms with Crippen molar-refractivity contribution in [1.29, 1.82) is 0 Å². The van der Waals surface area contributed by atoms with Crippen LogP contribution in [0.1, 0.15) is 45.4 Å². The first-order chi connectivity index (χ1) is 9.33. The van der Waals surface area contributed by atoms with E-state index in [2.05, 4.69) is 31.3 Å². The minimum Gasteiger partial charge on any atom is -0.158 e. The summed E-state index contributed by atoms with van der Waals surface area (Å²) >= 11 is 2.33. The van der Waals surface area contributed by atoms with Gasteiger partial charge in [0.2, 0.25) is 0 Å². The normalized spacial score (nSPS) is 53.7. The second kappa shape index (κ2) is 4.83. The van der Waals surface area contributed by atoms with Crippen LogP contribution in [0.3, 0.4) is 0 Å². The first-order valence-electron chi connectivity index (χ1n) is 8.57. The Morgan fingerprint density at radius 1 is 1.05 bits per heavy atom. The third-order valence-electron chi connectivity index (χ3n) is 6.94. The minimum absolute atomic E-state index is 0.886. The van der Waals surface area contributed by atoms with E-state index in [-0.39, 0.29) is 0 Å². The van der Waals surface area contributed by atoms with Crippen LogP contribution in [0.5, 0.6) is 0 Å². The molecule has 4 fully saturated rings. The molecular formula is C18H28S. The van der Waals surface area contributed by atoms with Gasteiger partial charge in [0.25, 0.3) is 0 Å². The average Bonchev–Trinajstić information content (AvgIpc) is 3.15. The lowest BCUT2D eigenvalue weighted by Crippen LogP contribution is -2.36. The van der Waals surface area contributed by atoms with Crippen molar-refractivity contribution in [3.63, 3.8) is 0 Å². The summed E-state index contributed by atoms with van der Waals surface area (Å²) in [5.41, 5.74) is 0. The molecule has 19 heavy (non-hydrogen) atoms. The molecule has 4 saturated carbocycles. The van der Waals surface area contributed by atoms with Crippen LogP contribution in [0.2, 0.25) is 0 Å². The molecule has 0 saturated heterocycles. The van der Waals surface area contributed by atoms with E-state index >= 15 is 0 Å². The highest BCUT2D eigenvalue weighted by Gasteiger charge is 2.63. The molecule has 0 aliphatic heterocycles. The summed E-state index contributed by atoms with van der Waals surface area (Å²) in [4.78, 5) is 0. The number of rotatable bonds is 5. The first kappa shape index (κ1) is 12.8. The molecule has 0 nitrogen and oxygen atoms in total. The molecule has 0 amide bonds. The molecule has 0 spiro atoms. The van der Waals surface area contributed by atoms with Gasteiger partial charge in [0.1, 0.15) is 0 Å². The van der Waals surface area contributed by atoms with E-state index in [0.29, 0.717) is 0 Å². The molecule has 0 radical (unpaired) electrons. The van der Waals surface area contributed by atoms with Crippen molar-refractivity contribution in [2.24, 2.45) is 41.4 Å². The Hall–Kier alpha value is 0.0900. The van der Waals surface area contributed by atoms with Gasteiger partial charge < -0.3 is 0 Å². The topological polar surface area (TPSA) is 0 Å². The number of unbranched alkanes of at least 4 members (excludes halogenated alkanes) is 1. The first-order valence-corrected chi connectivity index (χ1v) is 9.62. The second-order valence-corrected chi connectivity index (χ2v) is 8.95. The van der Waals surface area contributed by atoms with Gasteiger partial charge in [-0.25, -0.2) is 0 Å². The molecule has 1 heteroatoms. The molecule has 0 aromatic carbocycles. The van der Waals surface area contributed by atoms with E-state index in [9.17, 15) is 0 Å². The summed E-state index contributed by atoms with van der Waals surface area (Å²) in [6, 6.07) is 0. The quantitative estimate of drug-likeness (QED) is 0.387. The van der Waals surface area contributed by atoms with Crippen LogP contribution in [-0.2, 0) is 0 Å². The number of hydrogen-bond donors (Lipinski definition) is 0. The fourth-order valence-corrected chi connectivity index (χ4v) is 8.11. The molecule has 0 heterocycles. The zero-order valence-electron chi connectivity index (χ0n) is 12.3. The third kappa shape index (κ3) is 1.79. The van der Waals surface area contributed by atoms with Crippen molar-refractivity contribution in [1.82, 2.24) is 0 Å². The lowest BCUT2D eigenvalue weighted by atomic mass is 9.67. The zero-order chi connectivity index (χ0) is 13.0. The highest BCUT2D eigenvalue weighted by Crippen LogP contribution is 2.70. The Kier molecular flexibility index (Phi) is 3.25. The van der Waals surface area contributed by atoms with Crippen molar-refractivity contribution < 1.29 is 0 Å². The van der Waals surface area contributed by atoms with Crippen LogP contribution in [0, 0.1) is 41.4 Å². The van der Waals surface area contributed by atoms with Crippen LogP contribution >= 0.6 is 11.8 Å². The molecule has 0 aromatic rings. The number of hydrogen-bond acceptors (Lipinski definition) is 1. The van der Waals surface area contributed by atoms with E-state index in [1.807, 2.05) is 0 Å². The lowest BCUT2D eigenvalue weighted by molar-refractivity contribution is 0.125. The average molecular weight is 276 g/mol. The molecular weight excluding hydrogens is 248 g/mol. The monoisotopic (exact) mass is 276 g/mol. The van der Waals surface area contributed by atoms with Gasteiger partial charge in [-0.3, -0.25) is 0 Å². The lowest BCUT2D eigenvalue weighted by Gasteiger charge is -2.40. The van der Waals surface area contributed by atoms with Gasteiger partial charge in [-0.1, -0.05) is 19.4 Å². The summed E-state index contributed by atoms with van der Waals surface area (Å²) in [7, 11) is 0. The van der Waals surface area contributed by atoms with Crippen molar-refractivity contribution in [2.75, 3.05) is 5.75 Å². The molecule has 106 valence electrons. The highest BCUT2D eigenvalue weighted by molar-refractivity contribution is 7.99. The molecule has 4 aliphatic rings. The molecule has 4 bridgehead atoms. The fraction of sp³-hybridized carbons (Fsp3) is 0.889. The van der Waals surface area contributed by atoms with Crippen LogP contribution in [0.25, 0.3) is 0 Å². The van der Waals surface area contributed by atoms with Gasteiger partial charge in [0.05, 0.1) is 0 Å². The summed E-state index contributed by atoms with van der Waals surface area (Å²) in [6.45, 7) is 6.42. The van der Waals surface area contributed by atoms with E-state index in [4.69, 9.17) is 0 Å².